The molecule has 1 aromatic carbocycles. The van der Waals surface area contributed by atoms with Gasteiger partial charge in [-0.1, -0.05) is 63.0 Å². The van der Waals surface area contributed by atoms with E-state index in [0.29, 0.717) is 11.3 Å². The van der Waals surface area contributed by atoms with E-state index in [1.807, 2.05) is 27.7 Å². The summed E-state index contributed by atoms with van der Waals surface area (Å²) < 4.78 is 29.5. The lowest BCUT2D eigenvalue weighted by Gasteiger charge is -2.27. The van der Waals surface area contributed by atoms with Gasteiger partial charge in [0.15, 0.2) is 0 Å². The molecule has 1 atom stereocenters. The number of hydrogen-bond acceptors (Lipinski definition) is 5. The number of rotatable bonds is 12. The Kier molecular flexibility index (Phi) is 10.5. The highest BCUT2D eigenvalue weighted by Gasteiger charge is 2.30. The Hall–Kier alpha value is -2.24. The monoisotopic (exact) mass is 544 g/mol. The Balaban J connectivity index is 2.13. The van der Waals surface area contributed by atoms with Crippen molar-refractivity contribution in [2.24, 2.45) is 11.8 Å². The van der Waals surface area contributed by atoms with E-state index in [-0.39, 0.29) is 47.0 Å². The Morgan fingerprint density at radius 1 is 1.00 bits per heavy atom. The summed E-state index contributed by atoms with van der Waals surface area (Å²) in [4.78, 5) is 28.2. The van der Waals surface area contributed by atoms with Gasteiger partial charge in [-0.15, -0.1) is 0 Å². The van der Waals surface area contributed by atoms with Crippen molar-refractivity contribution in [1.82, 2.24) is 14.0 Å². The van der Waals surface area contributed by atoms with Crippen molar-refractivity contribution < 1.29 is 23.1 Å². The number of nitrogens with one attached hydrogen (secondary N) is 2. The van der Waals surface area contributed by atoms with Crippen LogP contribution in [0, 0.1) is 11.8 Å². The average molecular weight is 545 g/mol. The molecule has 2 rings (SSSR count). The highest BCUT2D eigenvalue weighted by Crippen LogP contribution is 2.24. The van der Waals surface area contributed by atoms with Crippen molar-refractivity contribution >= 4 is 51.0 Å². The van der Waals surface area contributed by atoms with E-state index in [4.69, 9.17) is 23.2 Å². The molecule has 12 heteroatoms. The lowest BCUT2D eigenvalue weighted by Crippen LogP contribution is -2.50. The molecule has 1 amide bonds. The summed E-state index contributed by atoms with van der Waals surface area (Å²) in [6.07, 6.45) is 2.53. The number of benzene rings is 1. The van der Waals surface area contributed by atoms with Crippen LogP contribution < -0.4 is 10.0 Å². The second-order valence-electron chi connectivity index (χ2n) is 8.95. The fourth-order valence-corrected chi connectivity index (χ4v) is 5.52. The predicted molar refractivity (Wildman–Crippen MR) is 137 cm³/mol. The molecule has 35 heavy (non-hydrogen) atoms. The number of carboxylic acids is 1. The Labute approximate surface area is 216 Å². The van der Waals surface area contributed by atoms with Crippen LogP contribution in [0.15, 0.2) is 36.7 Å². The van der Waals surface area contributed by atoms with Gasteiger partial charge >= 0.3 is 5.97 Å². The second-order valence-corrected chi connectivity index (χ2v) is 11.5. The fourth-order valence-electron chi connectivity index (χ4n) is 3.30. The molecular formula is C23H30Cl2N4O5S. The first kappa shape index (κ1) is 29.0. The number of aliphatic carboxylic acids is 1. The summed E-state index contributed by atoms with van der Waals surface area (Å²) in [7, 11) is -4.02. The van der Waals surface area contributed by atoms with Crippen LogP contribution in [-0.2, 0) is 21.4 Å². The summed E-state index contributed by atoms with van der Waals surface area (Å²) in [6.45, 7) is 8.14. The van der Waals surface area contributed by atoms with Gasteiger partial charge in [0.2, 0.25) is 0 Å². The van der Waals surface area contributed by atoms with Gasteiger partial charge in [-0.3, -0.25) is 14.6 Å². The molecule has 0 fully saturated rings. The molecule has 0 unspecified atom stereocenters. The maximum atomic E-state index is 12.9. The number of halogens is 2. The number of anilines is 1. The number of carbonyl (C=O) groups excluding carboxylic acids is 1. The number of pyridine rings is 1. The first-order valence-electron chi connectivity index (χ1n) is 11.0. The normalized spacial score (nSPS) is 12.8. The van der Waals surface area contributed by atoms with Gasteiger partial charge < -0.3 is 10.4 Å². The van der Waals surface area contributed by atoms with Gasteiger partial charge in [-0.05, 0) is 36.0 Å². The van der Waals surface area contributed by atoms with Gasteiger partial charge in [0.25, 0.3) is 16.1 Å². The van der Waals surface area contributed by atoms with E-state index in [1.54, 1.807) is 24.3 Å². The topological polar surface area (TPSA) is 129 Å². The first-order chi connectivity index (χ1) is 16.3. The van der Waals surface area contributed by atoms with Crippen LogP contribution in [0.1, 0.15) is 43.6 Å². The van der Waals surface area contributed by atoms with Crippen molar-refractivity contribution in [1.29, 1.82) is 0 Å². The zero-order valence-corrected chi connectivity index (χ0v) is 22.3. The molecule has 192 valence electrons. The molecule has 2 aromatic rings. The van der Waals surface area contributed by atoms with Crippen molar-refractivity contribution in [2.75, 3.05) is 18.4 Å². The molecule has 1 heterocycles. The highest BCUT2D eigenvalue weighted by atomic mass is 35.5. The van der Waals surface area contributed by atoms with Crippen LogP contribution >= 0.6 is 23.2 Å². The molecule has 0 aliphatic carbocycles. The number of amides is 1. The smallest absolute Gasteiger partial charge is 0.322 e. The van der Waals surface area contributed by atoms with Gasteiger partial charge in [-0.2, -0.15) is 17.4 Å². The maximum Gasteiger partial charge on any atom is 0.322 e. The van der Waals surface area contributed by atoms with E-state index < -0.39 is 28.1 Å². The molecular weight excluding hydrogens is 515 g/mol. The molecule has 1 aromatic heterocycles. The van der Waals surface area contributed by atoms with Crippen LogP contribution in [0.2, 0.25) is 10.0 Å². The number of aromatic nitrogens is 1. The maximum absolute atomic E-state index is 12.9. The van der Waals surface area contributed by atoms with Crippen LogP contribution in [0.3, 0.4) is 0 Å². The van der Waals surface area contributed by atoms with Crippen LogP contribution in [0.25, 0.3) is 0 Å². The number of carbonyl (C=O) groups is 2. The number of hydrogen-bond donors (Lipinski definition) is 3. The Morgan fingerprint density at radius 2 is 1.51 bits per heavy atom. The van der Waals surface area contributed by atoms with Crippen molar-refractivity contribution in [3.05, 3.63) is 57.8 Å². The third-order valence-corrected chi connectivity index (χ3v) is 6.93. The van der Waals surface area contributed by atoms with E-state index in [1.165, 1.54) is 16.7 Å². The first-order valence-corrected chi connectivity index (χ1v) is 13.2. The van der Waals surface area contributed by atoms with Crippen molar-refractivity contribution in [3.8, 4) is 0 Å². The van der Waals surface area contributed by atoms with E-state index in [9.17, 15) is 23.1 Å². The fraction of sp³-hybridized carbons (Fsp3) is 0.435. The number of carboxylic acid groups (broad SMARTS) is 1. The molecule has 0 radical (unpaired) electrons. The molecule has 3 N–H and O–H groups in total. The van der Waals surface area contributed by atoms with Crippen molar-refractivity contribution in [2.45, 2.75) is 40.2 Å². The molecule has 0 aliphatic heterocycles. The van der Waals surface area contributed by atoms with Crippen LogP contribution in [0.4, 0.5) is 5.69 Å². The zero-order chi connectivity index (χ0) is 26.3. The minimum Gasteiger partial charge on any atom is -0.480 e. The van der Waals surface area contributed by atoms with Crippen LogP contribution in [-0.4, -0.2) is 53.8 Å². The van der Waals surface area contributed by atoms with Crippen molar-refractivity contribution in [3.63, 3.8) is 0 Å². The van der Waals surface area contributed by atoms with Gasteiger partial charge in [-0.25, -0.2) is 0 Å². The Bertz CT molecular complexity index is 1110. The van der Waals surface area contributed by atoms with E-state index in [0.717, 1.165) is 0 Å². The summed E-state index contributed by atoms with van der Waals surface area (Å²) in [5.41, 5.74) is 1.08. The highest BCUT2D eigenvalue weighted by molar-refractivity contribution is 7.87. The SMILES string of the molecule is CC(C)CN(CC(C)C)S(=O)(=O)N[C@@H](Cc1ccc(NC(=O)c2c(Cl)cncc2Cl)cc1)C(=O)O. The van der Waals surface area contributed by atoms with Gasteiger partial charge in [0.05, 0.1) is 15.6 Å². The predicted octanol–water partition coefficient (Wildman–Crippen LogP) is 4.08. The Morgan fingerprint density at radius 3 is 1.97 bits per heavy atom. The average Bonchev–Trinajstić information content (AvgIpc) is 2.73. The molecule has 0 bridgehead atoms. The lowest BCUT2D eigenvalue weighted by molar-refractivity contribution is -0.138. The summed E-state index contributed by atoms with van der Waals surface area (Å²) in [6, 6.07) is 5.00. The molecule has 9 nitrogen and oxygen atoms in total. The minimum atomic E-state index is -4.02. The summed E-state index contributed by atoms with van der Waals surface area (Å²) >= 11 is 12.0. The van der Waals surface area contributed by atoms with E-state index in [2.05, 4.69) is 15.0 Å². The van der Waals surface area contributed by atoms with Crippen LogP contribution in [0.5, 0.6) is 0 Å². The van der Waals surface area contributed by atoms with E-state index >= 15 is 0 Å². The molecule has 0 aliphatic rings. The summed E-state index contributed by atoms with van der Waals surface area (Å²) in [5.74, 6) is -1.66. The van der Waals surface area contributed by atoms with Gasteiger partial charge in [0, 0.05) is 31.2 Å². The zero-order valence-electron chi connectivity index (χ0n) is 20.0. The molecule has 0 spiro atoms. The quantitative estimate of drug-likeness (QED) is 0.369. The standard InChI is InChI=1S/C23H30Cl2N4O5S/c1-14(2)12-29(13-15(3)4)35(33,34)28-20(23(31)32)9-16-5-7-17(8-6-16)27-22(30)21-18(24)10-26-11-19(21)25/h5-8,10-11,14-15,20,28H,9,12-13H2,1-4H3,(H,27,30)(H,31,32)/t20-/m0/s1. The molecule has 0 saturated carbocycles. The van der Waals surface area contributed by atoms with Gasteiger partial charge in [0.1, 0.15) is 6.04 Å². The third kappa shape index (κ3) is 8.73. The number of nitrogens with zero attached hydrogens (tertiary/aromatic N) is 2. The summed E-state index contributed by atoms with van der Waals surface area (Å²) in [5, 5.41) is 12.5. The minimum absolute atomic E-state index is 0.0771. The second kappa shape index (κ2) is 12.6. The largest absolute Gasteiger partial charge is 0.480 e. The molecule has 0 saturated heterocycles. The third-order valence-electron chi connectivity index (χ3n) is 4.80. The lowest BCUT2D eigenvalue weighted by atomic mass is 10.1.